The molecule has 1 aliphatic heterocycles. The third-order valence-corrected chi connectivity index (χ3v) is 5.31. The van der Waals surface area contributed by atoms with E-state index >= 15 is 0 Å². The van der Waals surface area contributed by atoms with Gasteiger partial charge < -0.3 is 19.4 Å². The van der Waals surface area contributed by atoms with Crippen molar-refractivity contribution in [2.24, 2.45) is 0 Å². The Morgan fingerprint density at radius 1 is 1.20 bits per heavy atom. The van der Waals surface area contributed by atoms with Crippen LogP contribution in [0.1, 0.15) is 22.8 Å². The molecule has 152 valence electrons. The number of aryl methyl sites for hydroxylation is 1. The summed E-state index contributed by atoms with van der Waals surface area (Å²) in [6, 6.07) is 10.6. The molecule has 1 saturated heterocycles. The third kappa shape index (κ3) is 3.33. The highest BCUT2D eigenvalue weighted by atomic mass is 16.2. The molecule has 1 N–H and O–H groups in total. The third-order valence-electron chi connectivity index (χ3n) is 5.31. The van der Waals surface area contributed by atoms with E-state index in [0.717, 1.165) is 0 Å². The Bertz CT molecular complexity index is 1280. The zero-order valence-electron chi connectivity index (χ0n) is 16.5. The lowest BCUT2D eigenvalue weighted by Crippen LogP contribution is -2.49. The lowest BCUT2D eigenvalue weighted by Gasteiger charge is -2.35. The molecule has 1 fully saturated rings. The number of nitrogens with one attached hydrogen (secondary N) is 1. The van der Waals surface area contributed by atoms with Crippen LogP contribution in [0.3, 0.4) is 0 Å². The normalized spacial score (nSPS) is 14.0. The molecule has 9 nitrogen and oxygen atoms in total. The lowest BCUT2D eigenvalue weighted by molar-refractivity contribution is 0.0746. The van der Waals surface area contributed by atoms with Gasteiger partial charge in [0.25, 0.3) is 5.91 Å². The summed E-state index contributed by atoms with van der Waals surface area (Å²) < 4.78 is 1.39. The Labute approximate surface area is 171 Å². The molecule has 0 saturated carbocycles. The number of pyridine rings is 1. The van der Waals surface area contributed by atoms with E-state index in [1.165, 1.54) is 4.57 Å². The fourth-order valence-corrected chi connectivity index (χ4v) is 3.77. The van der Waals surface area contributed by atoms with Gasteiger partial charge in [-0.3, -0.25) is 14.4 Å². The van der Waals surface area contributed by atoms with Gasteiger partial charge in [-0.2, -0.15) is 5.26 Å². The molecule has 0 unspecified atom stereocenters. The molecule has 0 bridgehead atoms. The quantitative estimate of drug-likeness (QED) is 0.650. The van der Waals surface area contributed by atoms with Crippen LogP contribution in [0.15, 0.2) is 46.1 Å². The maximum absolute atomic E-state index is 13.0. The number of benzene rings is 1. The van der Waals surface area contributed by atoms with Gasteiger partial charge >= 0.3 is 11.1 Å². The summed E-state index contributed by atoms with van der Waals surface area (Å²) in [5.74, 6) is 0.487. The molecule has 30 heavy (non-hydrogen) atoms. The summed E-state index contributed by atoms with van der Waals surface area (Å²) in [7, 11) is 0. The minimum Gasteiger partial charge on any atom is -0.352 e. The van der Waals surface area contributed by atoms with Gasteiger partial charge in [-0.05, 0) is 37.3 Å². The van der Waals surface area contributed by atoms with Gasteiger partial charge in [0.05, 0.1) is 16.6 Å². The first-order valence-electron chi connectivity index (χ1n) is 9.69. The van der Waals surface area contributed by atoms with Gasteiger partial charge in [0.1, 0.15) is 11.9 Å². The fourth-order valence-electron chi connectivity index (χ4n) is 3.77. The Balaban J connectivity index is 1.55. The van der Waals surface area contributed by atoms with Crippen LogP contribution in [0, 0.1) is 11.3 Å². The molecule has 4 rings (SSSR count). The average Bonchev–Trinajstić information content (AvgIpc) is 2.79. The van der Waals surface area contributed by atoms with Crippen LogP contribution in [0.4, 0.5) is 5.82 Å². The highest BCUT2D eigenvalue weighted by molar-refractivity contribution is 5.97. The zero-order valence-corrected chi connectivity index (χ0v) is 16.5. The highest BCUT2D eigenvalue weighted by Crippen LogP contribution is 2.20. The smallest absolute Gasteiger partial charge is 0.316 e. The number of hydrogen-bond acceptors (Lipinski definition) is 6. The van der Waals surface area contributed by atoms with E-state index in [2.05, 4.69) is 16.0 Å². The van der Waals surface area contributed by atoms with Gasteiger partial charge in [0.15, 0.2) is 0 Å². The maximum atomic E-state index is 13.0. The molecule has 0 radical (unpaired) electrons. The topological polar surface area (TPSA) is 115 Å². The van der Waals surface area contributed by atoms with E-state index in [9.17, 15) is 19.6 Å². The van der Waals surface area contributed by atoms with Crippen LogP contribution in [0.2, 0.25) is 0 Å². The van der Waals surface area contributed by atoms with Crippen LogP contribution in [-0.2, 0) is 6.54 Å². The van der Waals surface area contributed by atoms with E-state index in [1.54, 1.807) is 48.4 Å². The average molecular weight is 404 g/mol. The van der Waals surface area contributed by atoms with E-state index in [0.29, 0.717) is 60.7 Å². The van der Waals surface area contributed by atoms with Gasteiger partial charge in [0, 0.05) is 44.5 Å². The molecule has 0 aliphatic carbocycles. The van der Waals surface area contributed by atoms with Crippen LogP contribution < -0.4 is 16.0 Å². The molecule has 1 aromatic carbocycles. The van der Waals surface area contributed by atoms with Crippen molar-refractivity contribution < 1.29 is 4.79 Å². The standard InChI is InChI=1S/C21H20N6O3/c1-2-27-17-6-5-14(12-16(17)24-19(28)21(27)30)20(29)26-10-8-25(9-11-26)18-15(13-22)4-3-7-23-18/h3-7,12H,2,8-11H2,1H3,(H,24,28). The SMILES string of the molecule is CCn1c(=O)c(=O)[nH]c2cc(C(=O)N3CCN(c4ncccc4C#N)CC3)ccc21. The van der Waals surface area contributed by atoms with E-state index in [4.69, 9.17) is 0 Å². The second-order valence-electron chi connectivity index (χ2n) is 7.00. The second kappa shape index (κ2) is 7.83. The minimum absolute atomic E-state index is 0.145. The summed E-state index contributed by atoms with van der Waals surface area (Å²) in [6.45, 7) is 4.27. The first-order valence-corrected chi connectivity index (χ1v) is 9.69. The predicted molar refractivity (Wildman–Crippen MR) is 112 cm³/mol. The molecular weight excluding hydrogens is 384 g/mol. The van der Waals surface area contributed by atoms with Crippen LogP contribution in [-0.4, -0.2) is 51.5 Å². The van der Waals surface area contributed by atoms with Crippen molar-refractivity contribution in [1.29, 1.82) is 5.26 Å². The van der Waals surface area contributed by atoms with Gasteiger partial charge in [-0.15, -0.1) is 0 Å². The molecule has 1 aliphatic rings. The number of amides is 1. The number of fused-ring (bicyclic) bond motifs is 1. The highest BCUT2D eigenvalue weighted by Gasteiger charge is 2.24. The Hall–Kier alpha value is -3.93. The van der Waals surface area contributed by atoms with Crippen molar-refractivity contribution in [2.75, 3.05) is 31.1 Å². The summed E-state index contributed by atoms with van der Waals surface area (Å²) in [5.41, 5.74) is 0.694. The van der Waals surface area contributed by atoms with Gasteiger partial charge in [-0.25, -0.2) is 4.98 Å². The Kier molecular flexibility index (Phi) is 5.06. The van der Waals surface area contributed by atoms with Crippen molar-refractivity contribution in [3.05, 3.63) is 68.4 Å². The van der Waals surface area contributed by atoms with E-state index in [-0.39, 0.29) is 5.91 Å². The summed E-state index contributed by atoms with van der Waals surface area (Å²) >= 11 is 0. The largest absolute Gasteiger partial charge is 0.352 e. The lowest BCUT2D eigenvalue weighted by atomic mass is 10.1. The van der Waals surface area contributed by atoms with Gasteiger partial charge in [-0.1, -0.05) is 0 Å². The van der Waals surface area contributed by atoms with Crippen LogP contribution >= 0.6 is 0 Å². The molecule has 0 atom stereocenters. The van der Waals surface area contributed by atoms with Crippen LogP contribution in [0.5, 0.6) is 0 Å². The first kappa shape index (κ1) is 19.4. The monoisotopic (exact) mass is 404 g/mol. The second-order valence-corrected chi connectivity index (χ2v) is 7.00. The number of aromatic nitrogens is 3. The van der Waals surface area contributed by atoms with Crippen molar-refractivity contribution in [3.8, 4) is 6.07 Å². The number of nitrogens with zero attached hydrogens (tertiary/aromatic N) is 5. The van der Waals surface area contributed by atoms with Crippen molar-refractivity contribution in [2.45, 2.75) is 13.5 Å². The molecule has 2 aromatic heterocycles. The fraction of sp³-hybridized carbons (Fsp3) is 0.286. The zero-order chi connectivity index (χ0) is 21.3. The number of hydrogen-bond donors (Lipinski definition) is 1. The van der Waals surface area contributed by atoms with Crippen molar-refractivity contribution >= 4 is 22.8 Å². The number of anilines is 1. The minimum atomic E-state index is -0.703. The number of rotatable bonds is 3. The molecule has 9 heteroatoms. The first-order chi connectivity index (χ1) is 14.5. The molecular formula is C21H20N6O3. The number of carbonyl (C=O) groups excluding carboxylic acids is 1. The molecule has 1 amide bonds. The number of piperazine rings is 1. The summed E-state index contributed by atoms with van der Waals surface area (Å²) in [4.78, 5) is 47.5. The Morgan fingerprint density at radius 3 is 2.67 bits per heavy atom. The number of aromatic amines is 1. The van der Waals surface area contributed by atoms with E-state index < -0.39 is 11.1 Å². The Morgan fingerprint density at radius 2 is 1.97 bits per heavy atom. The predicted octanol–water partition coefficient (Wildman–Crippen LogP) is 0.939. The van der Waals surface area contributed by atoms with Crippen molar-refractivity contribution in [3.63, 3.8) is 0 Å². The molecule has 3 aromatic rings. The molecule has 3 heterocycles. The van der Waals surface area contributed by atoms with E-state index in [1.807, 2.05) is 4.90 Å². The van der Waals surface area contributed by atoms with Gasteiger partial charge in [0.2, 0.25) is 0 Å². The number of carbonyl (C=O) groups is 1. The number of nitriles is 1. The van der Waals surface area contributed by atoms with Crippen LogP contribution in [0.25, 0.3) is 11.0 Å². The van der Waals surface area contributed by atoms with Crippen molar-refractivity contribution in [1.82, 2.24) is 19.4 Å². The number of H-pyrrole nitrogens is 1. The molecule has 0 spiro atoms. The maximum Gasteiger partial charge on any atom is 0.316 e. The summed E-state index contributed by atoms with van der Waals surface area (Å²) in [6.07, 6.45) is 1.65. The summed E-state index contributed by atoms with van der Waals surface area (Å²) in [5, 5.41) is 9.27.